The fourth-order valence-corrected chi connectivity index (χ4v) is 5.93. The third kappa shape index (κ3) is 15.7. The third-order valence-electron chi connectivity index (χ3n) is 9.26. The molecular weight excluding hydrogens is 789 g/mol. The third-order valence-corrected chi connectivity index (χ3v) is 9.26. The lowest BCUT2D eigenvalue weighted by molar-refractivity contribution is -0.138. The van der Waals surface area contributed by atoms with Crippen molar-refractivity contribution in [2.45, 2.75) is 51.4 Å². The lowest BCUT2D eigenvalue weighted by Gasteiger charge is -2.11. The Balaban J connectivity index is 1.17. The summed E-state index contributed by atoms with van der Waals surface area (Å²) in [4.78, 5) is 48.7. The molecule has 0 amide bonds. The zero-order chi connectivity index (χ0) is 43.8. The number of benzene rings is 5. The van der Waals surface area contributed by atoms with Crippen LogP contribution in [0.5, 0.6) is 23.0 Å². The van der Waals surface area contributed by atoms with Gasteiger partial charge in [0.25, 0.3) is 0 Å². The van der Waals surface area contributed by atoms with Crippen molar-refractivity contribution in [1.29, 1.82) is 0 Å². The summed E-state index contributed by atoms with van der Waals surface area (Å²) in [6.07, 6.45) is 12.2. The first-order chi connectivity index (χ1) is 30.3. The molecule has 0 atom stereocenters. The SMILES string of the molecule is C=CC(=O)OCCCCCCOc1ccc(C(=O)Oc2ccc(OC(=O)c3ccc(OCCCCCCOC(=O)C=C)cc3)c(C=NN=Cc3ccc4ccccc4c3)c2)cc1. The highest BCUT2D eigenvalue weighted by Crippen LogP contribution is 2.26. The summed E-state index contributed by atoms with van der Waals surface area (Å²) >= 11 is 0. The second kappa shape index (κ2) is 25.3. The van der Waals surface area contributed by atoms with Gasteiger partial charge in [0.05, 0.1) is 50.0 Å². The van der Waals surface area contributed by atoms with Crippen molar-refractivity contribution < 1.29 is 47.6 Å². The van der Waals surface area contributed by atoms with Gasteiger partial charge in [-0.25, -0.2) is 19.2 Å². The van der Waals surface area contributed by atoms with E-state index in [1.54, 1.807) is 60.8 Å². The van der Waals surface area contributed by atoms with E-state index in [2.05, 4.69) is 23.4 Å². The standard InChI is InChI=1S/C50H50N2O10/c1-3-47(53)59-31-13-7-5-11-29-57-43-23-19-39(20-24-43)49(55)61-45-27-28-46(42(34-45)36-52-51-35-37-17-18-38-15-9-10-16-41(38)33-37)62-50(56)40-21-25-44(26-22-40)58-30-12-6-8-14-32-60-48(54)4-2/h3-4,9-10,15-28,33-36H,1-2,5-8,11-14,29-32H2. The van der Waals surface area contributed by atoms with Crippen LogP contribution in [0.2, 0.25) is 0 Å². The van der Waals surface area contributed by atoms with Gasteiger partial charge >= 0.3 is 23.9 Å². The van der Waals surface area contributed by atoms with Crippen LogP contribution in [0.25, 0.3) is 10.8 Å². The highest BCUT2D eigenvalue weighted by Gasteiger charge is 2.15. The smallest absolute Gasteiger partial charge is 0.343 e. The van der Waals surface area contributed by atoms with E-state index in [4.69, 9.17) is 28.4 Å². The van der Waals surface area contributed by atoms with Gasteiger partial charge in [-0.1, -0.05) is 49.6 Å². The zero-order valence-electron chi connectivity index (χ0n) is 34.6. The van der Waals surface area contributed by atoms with E-state index in [1.165, 1.54) is 18.3 Å². The maximum absolute atomic E-state index is 13.3. The van der Waals surface area contributed by atoms with Crippen LogP contribution in [-0.2, 0) is 19.1 Å². The number of hydrogen-bond donors (Lipinski definition) is 0. The first kappa shape index (κ1) is 45.7. The molecule has 0 unspecified atom stereocenters. The molecule has 0 aromatic heterocycles. The molecule has 12 heteroatoms. The maximum atomic E-state index is 13.3. The highest BCUT2D eigenvalue weighted by atomic mass is 16.5. The van der Waals surface area contributed by atoms with Crippen molar-refractivity contribution in [2.75, 3.05) is 26.4 Å². The number of carbonyl (C=O) groups excluding carboxylic acids is 4. The normalized spacial score (nSPS) is 11.0. The topological polar surface area (TPSA) is 148 Å². The van der Waals surface area contributed by atoms with E-state index in [0.717, 1.165) is 79.9 Å². The fraction of sp³-hybridized carbons (Fsp3) is 0.240. The van der Waals surface area contributed by atoms with Crippen LogP contribution >= 0.6 is 0 Å². The van der Waals surface area contributed by atoms with Gasteiger partial charge in [0.15, 0.2) is 0 Å². The first-order valence-electron chi connectivity index (χ1n) is 20.5. The molecule has 0 spiro atoms. The number of rotatable bonds is 25. The molecule has 0 fully saturated rings. The number of nitrogens with zero attached hydrogens (tertiary/aromatic N) is 2. The van der Waals surface area contributed by atoms with Crippen LogP contribution in [0, 0.1) is 0 Å². The van der Waals surface area contributed by atoms with E-state index in [9.17, 15) is 19.2 Å². The Morgan fingerprint density at radius 1 is 0.484 bits per heavy atom. The van der Waals surface area contributed by atoms with Crippen molar-refractivity contribution in [3.8, 4) is 23.0 Å². The summed E-state index contributed by atoms with van der Waals surface area (Å²) in [6, 6.07) is 31.8. The van der Waals surface area contributed by atoms with Crippen molar-refractivity contribution in [2.24, 2.45) is 10.2 Å². The summed E-state index contributed by atoms with van der Waals surface area (Å²) < 4.78 is 33.1. The van der Waals surface area contributed by atoms with Gasteiger partial charge in [-0.15, -0.1) is 0 Å². The Hall–Kier alpha value is -7.34. The van der Waals surface area contributed by atoms with Gasteiger partial charge in [0.2, 0.25) is 0 Å². The Kier molecular flexibility index (Phi) is 18.7. The van der Waals surface area contributed by atoms with E-state index < -0.39 is 23.9 Å². The van der Waals surface area contributed by atoms with E-state index in [0.29, 0.717) is 54.6 Å². The Morgan fingerprint density at radius 2 is 0.984 bits per heavy atom. The van der Waals surface area contributed by atoms with Gasteiger partial charge in [-0.3, -0.25) is 0 Å². The van der Waals surface area contributed by atoms with E-state index in [-0.39, 0.29) is 11.5 Å². The molecule has 0 bridgehead atoms. The average Bonchev–Trinajstić information content (AvgIpc) is 3.30. The summed E-state index contributed by atoms with van der Waals surface area (Å²) in [6.45, 7) is 8.50. The predicted octanol–water partition coefficient (Wildman–Crippen LogP) is 10.1. The van der Waals surface area contributed by atoms with Crippen molar-refractivity contribution in [3.63, 3.8) is 0 Å². The van der Waals surface area contributed by atoms with Gasteiger partial charge in [-0.2, -0.15) is 10.2 Å². The lowest BCUT2D eigenvalue weighted by atomic mass is 10.1. The van der Waals surface area contributed by atoms with Gasteiger partial charge < -0.3 is 28.4 Å². The zero-order valence-corrected chi connectivity index (χ0v) is 34.6. The first-order valence-corrected chi connectivity index (χ1v) is 20.5. The van der Waals surface area contributed by atoms with Crippen LogP contribution in [-0.4, -0.2) is 62.7 Å². The van der Waals surface area contributed by atoms with Crippen LogP contribution in [0.3, 0.4) is 0 Å². The molecule has 12 nitrogen and oxygen atoms in total. The predicted molar refractivity (Wildman–Crippen MR) is 239 cm³/mol. The largest absolute Gasteiger partial charge is 0.494 e. The number of carbonyl (C=O) groups is 4. The summed E-state index contributed by atoms with van der Waals surface area (Å²) in [5.41, 5.74) is 1.81. The van der Waals surface area contributed by atoms with Gasteiger partial charge in [0, 0.05) is 17.7 Å². The Bertz CT molecular complexity index is 2340. The number of fused-ring (bicyclic) bond motifs is 1. The molecular formula is C50H50N2O10. The fourth-order valence-electron chi connectivity index (χ4n) is 5.93. The lowest BCUT2D eigenvalue weighted by Crippen LogP contribution is -2.11. The Morgan fingerprint density at radius 3 is 1.55 bits per heavy atom. The molecule has 5 rings (SSSR count). The number of unbranched alkanes of at least 4 members (excludes halogenated alkanes) is 6. The van der Waals surface area contributed by atoms with Crippen molar-refractivity contribution in [1.82, 2.24) is 0 Å². The molecule has 0 radical (unpaired) electrons. The molecule has 0 aliphatic carbocycles. The van der Waals surface area contributed by atoms with E-state index in [1.807, 2.05) is 42.5 Å². The molecule has 5 aromatic carbocycles. The molecule has 320 valence electrons. The molecule has 62 heavy (non-hydrogen) atoms. The van der Waals surface area contributed by atoms with Crippen molar-refractivity contribution >= 4 is 47.1 Å². The van der Waals surface area contributed by atoms with Crippen LogP contribution in [0.1, 0.15) is 83.2 Å². The summed E-state index contributed by atoms with van der Waals surface area (Å²) in [5, 5.41) is 10.6. The van der Waals surface area contributed by atoms with Crippen molar-refractivity contribution in [3.05, 3.63) is 157 Å². The van der Waals surface area contributed by atoms with Crippen LogP contribution < -0.4 is 18.9 Å². The second-order valence-electron chi connectivity index (χ2n) is 13.9. The molecule has 0 heterocycles. The van der Waals surface area contributed by atoms with Gasteiger partial charge in [0.1, 0.15) is 23.0 Å². The minimum Gasteiger partial charge on any atom is -0.494 e. The molecule has 0 aliphatic rings. The molecule has 0 saturated carbocycles. The molecule has 0 aliphatic heterocycles. The highest BCUT2D eigenvalue weighted by molar-refractivity contribution is 5.95. The average molecular weight is 839 g/mol. The summed E-state index contributed by atoms with van der Waals surface area (Å²) in [7, 11) is 0. The van der Waals surface area contributed by atoms with E-state index >= 15 is 0 Å². The monoisotopic (exact) mass is 838 g/mol. The van der Waals surface area contributed by atoms with Gasteiger partial charge in [-0.05, 0) is 140 Å². The molecule has 0 saturated heterocycles. The van der Waals surface area contributed by atoms with Crippen LogP contribution in [0.4, 0.5) is 0 Å². The Labute approximate surface area is 361 Å². The minimum absolute atomic E-state index is 0.177. The second-order valence-corrected chi connectivity index (χ2v) is 13.9. The number of ether oxygens (including phenoxy) is 6. The number of esters is 4. The quantitative estimate of drug-likeness (QED) is 0.0139. The number of hydrogen-bond acceptors (Lipinski definition) is 12. The molecule has 5 aromatic rings. The molecule has 0 N–H and O–H groups in total. The minimum atomic E-state index is -0.610. The summed E-state index contributed by atoms with van der Waals surface area (Å²) in [5.74, 6) is -0.429. The van der Waals surface area contributed by atoms with Crippen LogP contribution in [0.15, 0.2) is 145 Å². The maximum Gasteiger partial charge on any atom is 0.343 e.